The molecule has 0 aliphatic carbocycles. The van der Waals surface area contributed by atoms with E-state index < -0.39 is 23.4 Å². The molecule has 2 aromatic carbocycles. The highest BCUT2D eigenvalue weighted by atomic mass is 19.2. The molecule has 40 heavy (non-hydrogen) atoms. The Morgan fingerprint density at radius 1 is 1.18 bits per heavy atom. The summed E-state index contributed by atoms with van der Waals surface area (Å²) in [5.41, 5.74) is 6.53. The van der Waals surface area contributed by atoms with Crippen molar-refractivity contribution in [3.05, 3.63) is 71.4 Å². The van der Waals surface area contributed by atoms with Gasteiger partial charge in [0.2, 0.25) is 5.82 Å². The molecule has 2 heterocycles. The third kappa shape index (κ3) is 6.65. The van der Waals surface area contributed by atoms with Crippen LogP contribution in [0.5, 0.6) is 5.75 Å². The number of aromatic nitrogens is 3. The highest BCUT2D eigenvalue weighted by molar-refractivity contribution is 5.96. The lowest BCUT2D eigenvalue weighted by atomic mass is 10.1. The monoisotopic (exact) mass is 560 g/mol. The number of imidazole rings is 1. The number of benzene rings is 2. The molecule has 4 rings (SSSR count). The van der Waals surface area contributed by atoms with Crippen LogP contribution in [-0.2, 0) is 9.53 Å². The first-order valence-electron chi connectivity index (χ1n) is 11.8. The summed E-state index contributed by atoms with van der Waals surface area (Å²) in [5.74, 6) is -3.45. The number of amides is 1. The number of nitrogens with zero attached hydrogens (tertiary/aromatic N) is 3. The molecule has 0 saturated heterocycles. The average molecular weight is 561 g/mol. The molecule has 0 aliphatic heterocycles. The number of halogens is 3. The highest BCUT2D eigenvalue weighted by Gasteiger charge is 2.20. The van der Waals surface area contributed by atoms with Gasteiger partial charge >= 0.3 is 0 Å². The van der Waals surface area contributed by atoms with E-state index in [0.717, 1.165) is 0 Å². The van der Waals surface area contributed by atoms with Crippen LogP contribution in [0.3, 0.4) is 0 Å². The van der Waals surface area contributed by atoms with Gasteiger partial charge in [-0.1, -0.05) is 0 Å². The Morgan fingerprint density at radius 2 is 1.93 bits per heavy atom. The Kier molecular flexibility index (Phi) is 10.4. The fourth-order valence-electron chi connectivity index (χ4n) is 3.84. The van der Waals surface area contributed by atoms with Crippen LogP contribution in [0.4, 0.5) is 24.7 Å². The van der Waals surface area contributed by atoms with Crippen LogP contribution < -0.4 is 21.1 Å². The number of fused-ring (bicyclic) bond motifs is 1. The zero-order valence-electron chi connectivity index (χ0n) is 21.6. The number of ether oxygens (including phenoxy) is 2. The van der Waals surface area contributed by atoms with Crippen molar-refractivity contribution in [1.29, 1.82) is 0 Å². The van der Waals surface area contributed by atoms with Crippen LogP contribution in [-0.4, -0.2) is 65.3 Å². The van der Waals surface area contributed by atoms with Crippen molar-refractivity contribution in [2.24, 2.45) is 5.73 Å². The molecule has 0 bridgehead atoms. The fourth-order valence-corrected chi connectivity index (χ4v) is 3.84. The van der Waals surface area contributed by atoms with E-state index in [1.54, 1.807) is 19.2 Å². The van der Waals surface area contributed by atoms with Crippen molar-refractivity contribution in [3.63, 3.8) is 0 Å². The van der Waals surface area contributed by atoms with E-state index in [4.69, 9.17) is 25.1 Å². The quantitative estimate of drug-likeness (QED) is 0.169. The summed E-state index contributed by atoms with van der Waals surface area (Å²) in [7, 11) is 1.25. The first-order chi connectivity index (χ1) is 19.3. The number of aryl methyl sites for hydroxylation is 1. The molecule has 0 fully saturated rings. The number of carboxylic acid groups (broad SMARTS) is 1. The highest BCUT2D eigenvalue weighted by Crippen LogP contribution is 2.31. The molecule has 0 unspecified atom stereocenters. The third-order valence-electron chi connectivity index (χ3n) is 5.54. The lowest BCUT2D eigenvalue weighted by molar-refractivity contribution is -0.122. The lowest BCUT2D eigenvalue weighted by Crippen LogP contribution is -2.29. The van der Waals surface area contributed by atoms with Gasteiger partial charge in [-0.2, -0.15) is 4.39 Å². The molecule has 0 saturated carbocycles. The van der Waals surface area contributed by atoms with Crippen LogP contribution in [0.25, 0.3) is 16.9 Å². The van der Waals surface area contributed by atoms with Crippen molar-refractivity contribution >= 4 is 29.5 Å². The van der Waals surface area contributed by atoms with E-state index in [-0.39, 0.29) is 48.0 Å². The molecular formula is C26H27F3N6O5. The second-order valence-corrected chi connectivity index (χ2v) is 8.09. The van der Waals surface area contributed by atoms with Gasteiger partial charge in [0, 0.05) is 36.7 Å². The fraction of sp³-hybridized carbons (Fsp3) is 0.231. The molecular weight excluding hydrogens is 533 g/mol. The predicted molar refractivity (Wildman–Crippen MR) is 140 cm³/mol. The molecule has 4 aromatic rings. The van der Waals surface area contributed by atoms with E-state index in [0.29, 0.717) is 30.0 Å². The Labute approximate surface area is 226 Å². The molecule has 2 aromatic heterocycles. The average Bonchev–Trinajstić information content (AvgIpc) is 3.35. The predicted octanol–water partition coefficient (Wildman–Crippen LogP) is 3.28. The second-order valence-electron chi connectivity index (χ2n) is 8.09. The van der Waals surface area contributed by atoms with Gasteiger partial charge in [0.25, 0.3) is 12.4 Å². The summed E-state index contributed by atoms with van der Waals surface area (Å²) in [5, 5.41) is 12.5. The third-order valence-corrected chi connectivity index (χ3v) is 5.54. The first kappa shape index (κ1) is 29.9. The van der Waals surface area contributed by atoms with E-state index in [2.05, 4.69) is 20.6 Å². The number of nitrogens with one attached hydrogen (secondary N) is 2. The van der Waals surface area contributed by atoms with Crippen LogP contribution in [0.2, 0.25) is 0 Å². The largest absolute Gasteiger partial charge is 0.494 e. The maximum atomic E-state index is 14.9. The van der Waals surface area contributed by atoms with Crippen LogP contribution in [0.15, 0.2) is 42.9 Å². The Balaban J connectivity index is 0.00000141. The smallest absolute Gasteiger partial charge is 0.290 e. The summed E-state index contributed by atoms with van der Waals surface area (Å²) in [6.45, 7) is 2.57. The summed E-state index contributed by atoms with van der Waals surface area (Å²) in [4.78, 5) is 29.4. The lowest BCUT2D eigenvalue weighted by Gasteiger charge is -2.13. The van der Waals surface area contributed by atoms with Crippen LogP contribution >= 0.6 is 0 Å². The minimum Gasteiger partial charge on any atom is -0.494 e. The van der Waals surface area contributed by atoms with Crippen LogP contribution in [0.1, 0.15) is 15.9 Å². The van der Waals surface area contributed by atoms with E-state index in [1.165, 1.54) is 42.1 Å². The molecule has 0 spiro atoms. The Morgan fingerprint density at radius 3 is 2.60 bits per heavy atom. The number of nitrogens with two attached hydrogens (primary N) is 1. The molecule has 0 atom stereocenters. The maximum Gasteiger partial charge on any atom is 0.290 e. The molecule has 212 valence electrons. The van der Waals surface area contributed by atoms with Crippen molar-refractivity contribution in [2.75, 3.05) is 38.7 Å². The number of anilines is 2. The van der Waals surface area contributed by atoms with Gasteiger partial charge in [-0.3, -0.25) is 14.0 Å². The van der Waals surface area contributed by atoms with E-state index >= 15 is 0 Å². The van der Waals surface area contributed by atoms with Crippen LogP contribution in [0, 0.1) is 24.4 Å². The molecule has 14 heteroatoms. The summed E-state index contributed by atoms with van der Waals surface area (Å²) in [6, 6.07) is 5.47. The van der Waals surface area contributed by atoms with E-state index in [9.17, 15) is 18.0 Å². The standard InChI is InChI=1S/C25H25F3N6O3.CH2O2/c1-14-11-15(12-17(26)20(14)25(35)31-7-10-37-9-5-29)33-23-24-32-13-18(34(24)8-6-30-23)16-3-4-19(36-2)22(28)21(16)27;2-1-3/h3-4,6,8,11-13H,5,7,9-10,29H2,1-2H3,(H,30,33)(H,31,35);1H,(H,2,3). The first-order valence-corrected chi connectivity index (χ1v) is 11.8. The molecule has 1 amide bonds. The van der Waals surface area contributed by atoms with Crippen molar-refractivity contribution in [1.82, 2.24) is 19.7 Å². The van der Waals surface area contributed by atoms with Crippen molar-refractivity contribution in [2.45, 2.75) is 6.92 Å². The van der Waals surface area contributed by atoms with Crippen molar-refractivity contribution in [3.8, 4) is 17.0 Å². The van der Waals surface area contributed by atoms with Gasteiger partial charge in [-0.25, -0.2) is 18.7 Å². The number of hydrogen-bond acceptors (Lipinski definition) is 8. The number of carbonyl (C=O) groups excluding carboxylic acids is 1. The summed E-state index contributed by atoms with van der Waals surface area (Å²) >= 11 is 0. The van der Waals surface area contributed by atoms with Gasteiger partial charge in [0.05, 0.1) is 37.8 Å². The van der Waals surface area contributed by atoms with Gasteiger partial charge in [0.1, 0.15) is 5.82 Å². The number of carbonyl (C=O) groups is 2. The summed E-state index contributed by atoms with van der Waals surface area (Å²) in [6.07, 6.45) is 4.36. The normalized spacial score (nSPS) is 10.6. The topological polar surface area (TPSA) is 153 Å². The molecule has 11 nitrogen and oxygen atoms in total. The number of methoxy groups -OCH3 is 1. The second kappa shape index (κ2) is 13.9. The molecule has 0 aliphatic rings. The maximum absolute atomic E-state index is 14.9. The molecule has 0 radical (unpaired) electrons. The zero-order chi connectivity index (χ0) is 29.2. The van der Waals surface area contributed by atoms with Gasteiger partial charge in [0.15, 0.2) is 23.0 Å². The minimum atomic E-state index is -1.11. The SMILES string of the molecule is COc1ccc(-c2cnc3c(Nc4cc(C)c(C(=O)NCCOCCN)c(F)c4)nccn23)c(F)c1F.O=CO. The minimum absolute atomic E-state index is 0.0198. The van der Waals surface area contributed by atoms with Crippen molar-refractivity contribution < 1.29 is 37.3 Å². The Bertz CT molecular complexity index is 1470. The van der Waals surface area contributed by atoms with Gasteiger partial charge in [-0.05, 0) is 36.8 Å². The Hall–Kier alpha value is -4.69. The number of rotatable bonds is 10. The van der Waals surface area contributed by atoms with Gasteiger partial charge < -0.3 is 30.9 Å². The van der Waals surface area contributed by atoms with Gasteiger partial charge in [-0.15, -0.1) is 0 Å². The number of hydrogen-bond donors (Lipinski definition) is 4. The zero-order valence-corrected chi connectivity index (χ0v) is 21.6. The summed E-state index contributed by atoms with van der Waals surface area (Å²) < 4.78 is 55.4. The van der Waals surface area contributed by atoms with E-state index in [1.807, 2.05) is 0 Å². The molecule has 5 N–H and O–H groups in total.